The Morgan fingerprint density at radius 1 is 1.35 bits per heavy atom. The van der Waals surface area contributed by atoms with E-state index in [1.54, 1.807) is 0 Å². The summed E-state index contributed by atoms with van der Waals surface area (Å²) >= 11 is 0. The fourth-order valence-corrected chi connectivity index (χ4v) is 4.46. The molecule has 2 saturated heterocycles. The van der Waals surface area contributed by atoms with Crippen molar-refractivity contribution in [3.05, 3.63) is 47.3 Å². The fraction of sp³-hybridized carbons (Fsp3) is 0.500. The predicted octanol–water partition coefficient (Wildman–Crippen LogP) is 2.41. The third kappa shape index (κ3) is 2.73. The van der Waals surface area contributed by atoms with Gasteiger partial charge in [0.15, 0.2) is 0 Å². The second kappa shape index (κ2) is 6.52. The van der Waals surface area contributed by atoms with Gasteiger partial charge in [-0.2, -0.15) is 5.10 Å². The van der Waals surface area contributed by atoms with Crippen molar-refractivity contribution in [2.75, 3.05) is 26.3 Å². The molecule has 2 aliphatic rings. The largest absolute Gasteiger partial charge is 0.481 e. The summed E-state index contributed by atoms with van der Waals surface area (Å²) < 4.78 is 7.51. The molecule has 2 aliphatic heterocycles. The first-order valence-electron chi connectivity index (χ1n) is 9.15. The summed E-state index contributed by atoms with van der Waals surface area (Å²) in [6, 6.07) is 10.1. The summed E-state index contributed by atoms with van der Waals surface area (Å²) in [5, 5.41) is 14.5. The summed E-state index contributed by atoms with van der Waals surface area (Å²) in [7, 11) is 0. The maximum atomic E-state index is 12.0. The van der Waals surface area contributed by atoms with Gasteiger partial charge in [-0.25, -0.2) is 4.68 Å². The van der Waals surface area contributed by atoms with E-state index in [1.165, 1.54) is 5.56 Å². The highest BCUT2D eigenvalue weighted by Gasteiger charge is 2.54. The number of fused-ring (bicyclic) bond motifs is 1. The molecule has 0 radical (unpaired) electrons. The van der Waals surface area contributed by atoms with Crippen LogP contribution in [0.2, 0.25) is 0 Å². The zero-order chi connectivity index (χ0) is 18.3. The number of carbonyl (C=O) groups is 1. The lowest BCUT2D eigenvalue weighted by molar-refractivity contribution is -0.159. The van der Waals surface area contributed by atoms with Crippen LogP contribution in [0.3, 0.4) is 0 Å². The number of aryl methyl sites for hydroxylation is 1. The van der Waals surface area contributed by atoms with Crippen LogP contribution in [-0.4, -0.2) is 52.1 Å². The first-order valence-corrected chi connectivity index (χ1v) is 9.15. The van der Waals surface area contributed by atoms with Gasteiger partial charge in [0.1, 0.15) is 5.41 Å². The van der Waals surface area contributed by atoms with E-state index < -0.39 is 11.4 Å². The van der Waals surface area contributed by atoms with Crippen LogP contribution < -0.4 is 0 Å². The van der Waals surface area contributed by atoms with Gasteiger partial charge in [-0.15, -0.1) is 0 Å². The van der Waals surface area contributed by atoms with Crippen molar-refractivity contribution in [1.82, 2.24) is 14.7 Å². The van der Waals surface area contributed by atoms with E-state index in [0.29, 0.717) is 19.8 Å². The zero-order valence-corrected chi connectivity index (χ0v) is 15.3. The Kier molecular flexibility index (Phi) is 4.32. The molecular formula is C20H25N3O3. The molecule has 0 amide bonds. The van der Waals surface area contributed by atoms with Crippen LogP contribution in [-0.2, 0) is 16.1 Å². The second-order valence-corrected chi connectivity index (χ2v) is 7.57. The van der Waals surface area contributed by atoms with Crippen molar-refractivity contribution in [3.8, 4) is 5.69 Å². The van der Waals surface area contributed by atoms with Gasteiger partial charge in [-0.1, -0.05) is 18.2 Å². The van der Waals surface area contributed by atoms with Gasteiger partial charge >= 0.3 is 5.97 Å². The lowest BCUT2D eigenvalue weighted by atomic mass is 9.76. The summed E-state index contributed by atoms with van der Waals surface area (Å²) in [4.78, 5) is 14.2. The number of hydrogen-bond acceptors (Lipinski definition) is 4. The number of para-hydroxylation sites is 1. The molecule has 1 aromatic carbocycles. The number of hydrogen-bond donors (Lipinski definition) is 1. The Morgan fingerprint density at radius 3 is 2.81 bits per heavy atom. The van der Waals surface area contributed by atoms with Gasteiger partial charge < -0.3 is 9.84 Å². The molecular weight excluding hydrogens is 330 g/mol. The smallest absolute Gasteiger partial charge is 0.313 e. The molecule has 138 valence electrons. The average Bonchev–Trinajstić information content (AvgIpc) is 3.16. The van der Waals surface area contributed by atoms with Crippen molar-refractivity contribution in [2.45, 2.75) is 26.8 Å². The highest BCUT2D eigenvalue weighted by Crippen LogP contribution is 2.42. The number of rotatable bonds is 4. The van der Waals surface area contributed by atoms with E-state index in [4.69, 9.17) is 9.84 Å². The molecule has 3 heterocycles. The number of aliphatic carboxylic acids is 1. The van der Waals surface area contributed by atoms with Crippen LogP contribution >= 0.6 is 0 Å². The molecule has 0 spiro atoms. The van der Waals surface area contributed by atoms with E-state index in [-0.39, 0.29) is 5.92 Å². The molecule has 0 aliphatic carbocycles. The van der Waals surface area contributed by atoms with Crippen molar-refractivity contribution < 1.29 is 14.6 Å². The van der Waals surface area contributed by atoms with Crippen molar-refractivity contribution in [1.29, 1.82) is 0 Å². The van der Waals surface area contributed by atoms with E-state index in [1.807, 2.05) is 41.9 Å². The van der Waals surface area contributed by atoms with Gasteiger partial charge in [0.05, 0.1) is 18.0 Å². The van der Waals surface area contributed by atoms with Crippen LogP contribution in [0, 0.1) is 25.2 Å². The highest BCUT2D eigenvalue weighted by molar-refractivity contribution is 5.76. The molecule has 2 aromatic rings. The Morgan fingerprint density at radius 2 is 2.12 bits per heavy atom. The SMILES string of the molecule is Cc1nn(-c2ccccc2)c(C)c1CN1C[C@@H]2CCOC[C@]2(C(=O)O)C1. The minimum absolute atomic E-state index is 0.165. The monoisotopic (exact) mass is 355 g/mol. The van der Waals surface area contributed by atoms with Crippen LogP contribution in [0.15, 0.2) is 30.3 Å². The summed E-state index contributed by atoms with van der Waals surface area (Å²) in [6.45, 7) is 7.19. The van der Waals surface area contributed by atoms with Crippen LogP contribution in [0.1, 0.15) is 23.4 Å². The Hall–Kier alpha value is -2.18. The van der Waals surface area contributed by atoms with E-state index in [0.717, 1.165) is 36.6 Å². The molecule has 0 unspecified atom stereocenters. The molecule has 1 aromatic heterocycles. The van der Waals surface area contributed by atoms with Crippen molar-refractivity contribution in [2.24, 2.45) is 11.3 Å². The topological polar surface area (TPSA) is 67.6 Å². The Balaban J connectivity index is 1.59. The predicted molar refractivity (Wildman–Crippen MR) is 97.3 cm³/mol. The Labute approximate surface area is 153 Å². The van der Waals surface area contributed by atoms with Crippen LogP contribution in [0.25, 0.3) is 5.69 Å². The van der Waals surface area contributed by atoms with E-state index in [9.17, 15) is 9.90 Å². The second-order valence-electron chi connectivity index (χ2n) is 7.57. The Bertz CT molecular complexity index is 817. The number of carboxylic acids is 1. The molecule has 1 N–H and O–H groups in total. The first-order chi connectivity index (χ1) is 12.5. The minimum Gasteiger partial charge on any atom is -0.481 e. The number of likely N-dealkylation sites (tertiary alicyclic amines) is 1. The summed E-state index contributed by atoms with van der Waals surface area (Å²) in [5.74, 6) is -0.559. The van der Waals surface area contributed by atoms with Gasteiger partial charge in [0.2, 0.25) is 0 Å². The molecule has 4 rings (SSSR count). The maximum Gasteiger partial charge on any atom is 0.313 e. The molecule has 6 heteroatoms. The number of nitrogens with zero attached hydrogens (tertiary/aromatic N) is 3. The summed E-state index contributed by atoms with van der Waals surface area (Å²) in [6.07, 6.45) is 0.823. The third-order valence-electron chi connectivity index (χ3n) is 5.99. The van der Waals surface area contributed by atoms with E-state index >= 15 is 0 Å². The van der Waals surface area contributed by atoms with Crippen molar-refractivity contribution in [3.63, 3.8) is 0 Å². The number of ether oxygens (including phenoxy) is 1. The third-order valence-corrected chi connectivity index (χ3v) is 5.99. The van der Waals surface area contributed by atoms with Crippen molar-refractivity contribution >= 4 is 5.97 Å². The standard InChI is InChI=1S/C20H25N3O3/c1-14-18(15(2)23(21-14)17-6-4-3-5-7-17)11-22-10-16-8-9-26-13-20(16,12-22)19(24)25/h3-7,16H,8-13H2,1-2H3,(H,24,25)/t16-,20+/m0/s1. The number of benzene rings is 1. The quantitative estimate of drug-likeness (QED) is 0.912. The molecule has 2 atom stereocenters. The lowest BCUT2D eigenvalue weighted by Gasteiger charge is -2.34. The molecule has 0 saturated carbocycles. The minimum atomic E-state index is -0.754. The van der Waals surface area contributed by atoms with E-state index in [2.05, 4.69) is 11.8 Å². The van der Waals surface area contributed by atoms with Gasteiger partial charge in [-0.05, 0) is 38.3 Å². The molecule has 6 nitrogen and oxygen atoms in total. The molecule has 26 heavy (non-hydrogen) atoms. The summed E-state index contributed by atoms with van der Waals surface area (Å²) in [5.41, 5.74) is 3.60. The maximum absolute atomic E-state index is 12.0. The number of carboxylic acid groups (broad SMARTS) is 1. The van der Waals surface area contributed by atoms with Crippen LogP contribution in [0.4, 0.5) is 0 Å². The zero-order valence-electron chi connectivity index (χ0n) is 15.3. The molecule has 2 fully saturated rings. The van der Waals surface area contributed by atoms with Gasteiger partial charge in [0, 0.05) is 37.5 Å². The number of aromatic nitrogens is 2. The fourth-order valence-electron chi connectivity index (χ4n) is 4.46. The lowest BCUT2D eigenvalue weighted by Crippen LogP contribution is -2.46. The normalized spacial score (nSPS) is 26.0. The molecule has 0 bridgehead atoms. The van der Waals surface area contributed by atoms with Gasteiger partial charge in [-0.3, -0.25) is 9.69 Å². The average molecular weight is 355 g/mol. The first kappa shape index (κ1) is 17.2. The van der Waals surface area contributed by atoms with Crippen LogP contribution in [0.5, 0.6) is 0 Å². The van der Waals surface area contributed by atoms with Gasteiger partial charge in [0.25, 0.3) is 0 Å². The highest BCUT2D eigenvalue weighted by atomic mass is 16.5.